The molecule has 1 saturated carbocycles. The minimum Gasteiger partial charge on any atom is -0.494 e. The second-order valence-corrected chi connectivity index (χ2v) is 4.81. The van der Waals surface area contributed by atoms with Crippen molar-refractivity contribution in [2.75, 3.05) is 25.6 Å². The third kappa shape index (κ3) is 3.32. The first-order chi connectivity index (χ1) is 8.83. The zero-order valence-corrected chi connectivity index (χ0v) is 10.8. The van der Waals surface area contributed by atoms with Gasteiger partial charge in [0.1, 0.15) is 0 Å². The topological polar surface area (TPSA) is 67.3 Å². The Kier molecular flexibility index (Phi) is 4.75. The maximum absolute atomic E-state index is 9.35. The molecule has 1 aliphatic carbocycles. The van der Waals surface area contributed by atoms with Gasteiger partial charge in [-0.1, -0.05) is 12.8 Å². The highest BCUT2D eigenvalue weighted by Gasteiger charge is 2.24. The van der Waals surface area contributed by atoms with Gasteiger partial charge in [-0.25, -0.2) is 9.97 Å². The number of methoxy groups -OCH3 is 1. The predicted molar refractivity (Wildman–Crippen MR) is 69.6 cm³/mol. The van der Waals surface area contributed by atoms with Gasteiger partial charge in [0.05, 0.1) is 19.5 Å². The largest absolute Gasteiger partial charge is 0.494 e. The number of nitrogens with zero attached hydrogens (tertiary/aromatic N) is 2. The number of nitrogens with one attached hydrogen (secondary N) is 1. The fourth-order valence-electron chi connectivity index (χ4n) is 2.53. The summed E-state index contributed by atoms with van der Waals surface area (Å²) in [6.07, 6.45) is 8.10. The summed E-state index contributed by atoms with van der Waals surface area (Å²) in [6.45, 7) is 1.12. The molecule has 1 fully saturated rings. The Balaban J connectivity index is 1.85. The van der Waals surface area contributed by atoms with E-state index < -0.39 is 0 Å². The summed E-state index contributed by atoms with van der Waals surface area (Å²) in [5, 5.41) is 12.6. The Morgan fingerprint density at radius 3 is 2.56 bits per heavy atom. The lowest BCUT2D eigenvalue weighted by molar-refractivity contribution is 0.141. The van der Waals surface area contributed by atoms with Gasteiger partial charge in [-0.2, -0.15) is 0 Å². The van der Waals surface area contributed by atoms with Crippen molar-refractivity contribution in [2.24, 2.45) is 11.8 Å². The van der Waals surface area contributed by atoms with E-state index in [-0.39, 0.29) is 6.61 Å². The van der Waals surface area contributed by atoms with Gasteiger partial charge in [-0.15, -0.1) is 0 Å². The minimum absolute atomic E-state index is 0.288. The van der Waals surface area contributed by atoms with E-state index in [4.69, 9.17) is 4.74 Å². The van der Waals surface area contributed by atoms with Crippen molar-refractivity contribution in [3.63, 3.8) is 0 Å². The first-order valence-electron chi connectivity index (χ1n) is 6.54. The van der Waals surface area contributed by atoms with Gasteiger partial charge < -0.3 is 15.2 Å². The first-order valence-corrected chi connectivity index (χ1v) is 6.54. The number of ether oxygens (including phenoxy) is 1. The summed E-state index contributed by atoms with van der Waals surface area (Å²) in [6, 6.07) is 0. The van der Waals surface area contributed by atoms with Crippen LogP contribution in [0.25, 0.3) is 0 Å². The van der Waals surface area contributed by atoms with Crippen LogP contribution in [0.4, 0.5) is 5.95 Å². The molecular formula is C13H21N3O2. The third-order valence-electron chi connectivity index (χ3n) is 3.69. The van der Waals surface area contributed by atoms with Crippen molar-refractivity contribution in [2.45, 2.75) is 25.7 Å². The lowest BCUT2D eigenvalue weighted by Crippen LogP contribution is -2.29. The highest BCUT2D eigenvalue weighted by atomic mass is 16.5. The second-order valence-electron chi connectivity index (χ2n) is 4.81. The molecule has 100 valence electrons. The third-order valence-corrected chi connectivity index (χ3v) is 3.69. The molecule has 0 aromatic carbocycles. The van der Waals surface area contributed by atoms with Gasteiger partial charge >= 0.3 is 0 Å². The van der Waals surface area contributed by atoms with E-state index in [0.29, 0.717) is 23.5 Å². The SMILES string of the molecule is COc1cnc(NCC2CCCCC2CO)nc1. The van der Waals surface area contributed by atoms with Crippen molar-refractivity contribution in [3.8, 4) is 5.75 Å². The number of anilines is 1. The number of aliphatic hydroxyl groups is 1. The Morgan fingerprint density at radius 1 is 1.28 bits per heavy atom. The summed E-state index contributed by atoms with van der Waals surface area (Å²) in [5.41, 5.74) is 0. The van der Waals surface area contributed by atoms with Crippen LogP contribution in [0.2, 0.25) is 0 Å². The Morgan fingerprint density at radius 2 is 1.94 bits per heavy atom. The summed E-state index contributed by atoms with van der Waals surface area (Å²) in [4.78, 5) is 8.35. The van der Waals surface area contributed by atoms with Gasteiger partial charge in [-0.3, -0.25) is 0 Å². The highest BCUT2D eigenvalue weighted by molar-refractivity contribution is 5.27. The van der Waals surface area contributed by atoms with Crippen molar-refractivity contribution in [1.29, 1.82) is 0 Å². The van der Waals surface area contributed by atoms with Crippen LogP contribution in [0.1, 0.15) is 25.7 Å². The molecule has 1 aromatic rings. The molecule has 5 heteroatoms. The molecule has 2 unspecified atom stereocenters. The normalized spacial score (nSPS) is 23.7. The Hall–Kier alpha value is -1.36. The molecule has 0 aliphatic heterocycles. The summed E-state index contributed by atoms with van der Waals surface area (Å²) < 4.78 is 5.01. The second kappa shape index (κ2) is 6.54. The van der Waals surface area contributed by atoms with Gasteiger partial charge in [0.25, 0.3) is 0 Å². The molecule has 1 aliphatic rings. The van der Waals surface area contributed by atoms with Crippen LogP contribution in [0.3, 0.4) is 0 Å². The summed E-state index contributed by atoms with van der Waals surface area (Å²) in [7, 11) is 1.60. The molecule has 0 spiro atoms. The average molecular weight is 251 g/mol. The molecule has 0 saturated heterocycles. The van der Waals surface area contributed by atoms with Gasteiger partial charge in [0.15, 0.2) is 5.75 Å². The number of aliphatic hydroxyl groups excluding tert-OH is 1. The van der Waals surface area contributed by atoms with Crippen LogP contribution < -0.4 is 10.1 Å². The quantitative estimate of drug-likeness (QED) is 0.833. The summed E-state index contributed by atoms with van der Waals surface area (Å²) >= 11 is 0. The smallest absolute Gasteiger partial charge is 0.222 e. The van der Waals surface area contributed by atoms with Crippen LogP contribution in [0.5, 0.6) is 5.75 Å². The number of hydrogen-bond acceptors (Lipinski definition) is 5. The zero-order chi connectivity index (χ0) is 12.8. The fourth-order valence-corrected chi connectivity index (χ4v) is 2.53. The maximum Gasteiger partial charge on any atom is 0.222 e. The first kappa shape index (κ1) is 13.1. The van der Waals surface area contributed by atoms with Crippen molar-refractivity contribution >= 4 is 5.95 Å². The molecule has 1 aromatic heterocycles. The number of aromatic nitrogens is 2. The molecule has 2 rings (SSSR count). The summed E-state index contributed by atoms with van der Waals surface area (Å²) in [5.74, 6) is 2.23. The van der Waals surface area contributed by atoms with E-state index >= 15 is 0 Å². The molecule has 2 N–H and O–H groups in total. The average Bonchev–Trinajstić information content (AvgIpc) is 2.46. The predicted octanol–water partition coefficient (Wildman–Crippen LogP) is 1.70. The maximum atomic E-state index is 9.35. The lowest BCUT2D eigenvalue weighted by atomic mass is 9.80. The van der Waals surface area contributed by atoms with E-state index in [0.717, 1.165) is 13.0 Å². The van der Waals surface area contributed by atoms with E-state index in [1.165, 1.54) is 19.3 Å². The number of hydrogen-bond donors (Lipinski definition) is 2. The van der Waals surface area contributed by atoms with E-state index in [1.807, 2.05) is 0 Å². The van der Waals surface area contributed by atoms with Crippen LogP contribution in [-0.2, 0) is 0 Å². The molecular weight excluding hydrogens is 230 g/mol. The molecule has 0 radical (unpaired) electrons. The standard InChI is InChI=1S/C13H21N3O2/c1-18-12-7-15-13(16-8-12)14-6-10-4-2-3-5-11(10)9-17/h7-8,10-11,17H,2-6,9H2,1H3,(H,14,15,16). The van der Waals surface area contributed by atoms with Crippen LogP contribution >= 0.6 is 0 Å². The molecule has 5 nitrogen and oxygen atoms in total. The lowest BCUT2D eigenvalue weighted by Gasteiger charge is -2.30. The van der Waals surface area contributed by atoms with Gasteiger partial charge in [0.2, 0.25) is 5.95 Å². The molecule has 18 heavy (non-hydrogen) atoms. The van der Waals surface area contributed by atoms with Crippen molar-refractivity contribution in [3.05, 3.63) is 12.4 Å². The highest BCUT2D eigenvalue weighted by Crippen LogP contribution is 2.29. The van der Waals surface area contributed by atoms with Gasteiger partial charge in [0, 0.05) is 13.2 Å². The van der Waals surface area contributed by atoms with E-state index in [2.05, 4.69) is 15.3 Å². The monoisotopic (exact) mass is 251 g/mol. The van der Waals surface area contributed by atoms with Crippen molar-refractivity contribution < 1.29 is 9.84 Å². The van der Waals surface area contributed by atoms with E-state index in [1.54, 1.807) is 19.5 Å². The molecule has 2 atom stereocenters. The molecule has 0 bridgehead atoms. The molecule has 1 heterocycles. The fraction of sp³-hybridized carbons (Fsp3) is 0.692. The van der Waals surface area contributed by atoms with Crippen LogP contribution in [0, 0.1) is 11.8 Å². The van der Waals surface area contributed by atoms with Crippen LogP contribution in [0.15, 0.2) is 12.4 Å². The Labute approximate surface area is 108 Å². The Bertz CT molecular complexity index is 356. The zero-order valence-electron chi connectivity index (χ0n) is 10.8. The van der Waals surface area contributed by atoms with Crippen LogP contribution in [-0.4, -0.2) is 35.3 Å². The van der Waals surface area contributed by atoms with Crippen molar-refractivity contribution in [1.82, 2.24) is 9.97 Å². The van der Waals surface area contributed by atoms with Gasteiger partial charge in [-0.05, 0) is 24.7 Å². The minimum atomic E-state index is 0.288. The van der Waals surface area contributed by atoms with E-state index in [9.17, 15) is 5.11 Å². The number of rotatable bonds is 5. The molecule has 0 amide bonds.